The lowest BCUT2D eigenvalue weighted by Gasteiger charge is -2.47. The second-order valence-corrected chi connectivity index (χ2v) is 10.3. The van der Waals surface area contributed by atoms with Crippen LogP contribution in [0.15, 0.2) is 66.0 Å². The highest BCUT2D eigenvalue weighted by Gasteiger charge is 2.43. The Morgan fingerprint density at radius 3 is 2.46 bits per heavy atom. The molecule has 0 bridgehead atoms. The number of carbonyl (C=O) groups excluding carboxylic acids is 2. The van der Waals surface area contributed by atoms with Crippen LogP contribution in [0.4, 0.5) is 0 Å². The Bertz CT molecular complexity index is 1330. The second-order valence-electron chi connectivity index (χ2n) is 10.3. The molecule has 1 aliphatic carbocycles. The van der Waals surface area contributed by atoms with E-state index in [1.54, 1.807) is 0 Å². The zero-order valence-electron chi connectivity index (χ0n) is 20.6. The normalized spacial score (nSPS) is 23.1. The van der Waals surface area contributed by atoms with E-state index in [2.05, 4.69) is 65.3 Å². The van der Waals surface area contributed by atoms with Crippen molar-refractivity contribution in [2.45, 2.75) is 45.3 Å². The molecule has 35 heavy (non-hydrogen) atoms. The first-order valence-corrected chi connectivity index (χ1v) is 12.6. The summed E-state index contributed by atoms with van der Waals surface area (Å²) in [6, 6.07) is 17.3. The number of H-pyrrole nitrogens is 1. The van der Waals surface area contributed by atoms with Crippen LogP contribution in [0, 0.1) is 5.92 Å². The molecule has 2 unspecified atom stereocenters. The Labute approximate surface area is 206 Å². The zero-order valence-corrected chi connectivity index (χ0v) is 20.6. The number of carbonyl (C=O) groups is 2. The Hall–Kier alpha value is -3.54. The minimum atomic E-state index is -0.188. The standard InChI is InChI=1S/C29H32N4O2/c1-18-19(2)33(25-13-15-32(17-25)29(35)23-9-10-23)27(31(3)28(18)34)22-7-4-20(5-8-22)24-11-6-21-12-14-30-26(21)16-24/h4-8,11-12,14,16,23,25,27,30H,9-10,13,15,17H2,1-3H3. The van der Waals surface area contributed by atoms with E-state index in [4.69, 9.17) is 0 Å². The van der Waals surface area contributed by atoms with E-state index in [1.807, 2.05) is 30.0 Å². The Balaban J connectivity index is 1.31. The van der Waals surface area contributed by atoms with Crippen molar-refractivity contribution in [3.63, 3.8) is 0 Å². The maximum absolute atomic E-state index is 13.1. The minimum Gasteiger partial charge on any atom is -0.361 e. The van der Waals surface area contributed by atoms with Crippen molar-refractivity contribution >= 4 is 22.7 Å². The highest BCUT2D eigenvalue weighted by atomic mass is 16.2. The molecule has 2 aliphatic heterocycles. The average Bonchev–Trinajstić information content (AvgIpc) is 3.42. The molecule has 2 atom stereocenters. The van der Waals surface area contributed by atoms with Gasteiger partial charge in [-0.3, -0.25) is 9.59 Å². The fourth-order valence-electron chi connectivity index (χ4n) is 5.78. The lowest BCUT2D eigenvalue weighted by atomic mass is 9.98. The van der Waals surface area contributed by atoms with E-state index in [0.717, 1.165) is 65.8 Å². The number of likely N-dealkylation sites (tertiary alicyclic amines) is 1. The number of likely N-dealkylation sites (N-methyl/N-ethyl adjacent to an activating group) is 1. The van der Waals surface area contributed by atoms with Gasteiger partial charge in [0.05, 0.1) is 6.04 Å². The number of nitrogens with one attached hydrogen (secondary N) is 1. The highest BCUT2D eigenvalue weighted by Crippen LogP contribution is 2.40. The molecule has 1 saturated carbocycles. The average molecular weight is 469 g/mol. The SMILES string of the molecule is CC1=C(C)N(C2CCN(C(=O)C3CC3)C2)C(c2ccc(-c3ccc4cc[nH]c4c3)cc2)N(C)C1=O. The third-order valence-corrected chi connectivity index (χ3v) is 8.09. The smallest absolute Gasteiger partial charge is 0.252 e. The predicted octanol–water partition coefficient (Wildman–Crippen LogP) is 4.91. The maximum atomic E-state index is 13.1. The van der Waals surface area contributed by atoms with Crippen LogP contribution in [0.3, 0.4) is 0 Å². The van der Waals surface area contributed by atoms with Crippen LogP contribution in [0.5, 0.6) is 0 Å². The third kappa shape index (κ3) is 3.72. The highest BCUT2D eigenvalue weighted by molar-refractivity contribution is 5.94. The first kappa shape index (κ1) is 22.0. The molecule has 2 fully saturated rings. The summed E-state index contributed by atoms with van der Waals surface area (Å²) in [6.07, 6.45) is 4.76. The molecule has 1 aromatic heterocycles. The molecule has 6 heteroatoms. The number of rotatable bonds is 4. The number of aromatic nitrogens is 1. The fourth-order valence-corrected chi connectivity index (χ4v) is 5.78. The topological polar surface area (TPSA) is 59.7 Å². The van der Waals surface area contributed by atoms with Crippen LogP contribution >= 0.6 is 0 Å². The van der Waals surface area contributed by atoms with Crippen LogP contribution < -0.4 is 0 Å². The Morgan fingerprint density at radius 2 is 1.71 bits per heavy atom. The van der Waals surface area contributed by atoms with Gasteiger partial charge in [-0.05, 0) is 67.3 Å². The van der Waals surface area contributed by atoms with E-state index in [9.17, 15) is 9.59 Å². The molecular formula is C29H32N4O2. The minimum absolute atomic E-state index is 0.0638. The van der Waals surface area contributed by atoms with Gasteiger partial charge in [-0.1, -0.05) is 36.4 Å². The number of amides is 2. The molecule has 6 nitrogen and oxygen atoms in total. The monoisotopic (exact) mass is 468 g/mol. The van der Waals surface area contributed by atoms with Crippen LogP contribution in [0.25, 0.3) is 22.0 Å². The summed E-state index contributed by atoms with van der Waals surface area (Å²) in [5, 5.41) is 1.20. The van der Waals surface area contributed by atoms with Gasteiger partial charge in [0.2, 0.25) is 5.91 Å². The summed E-state index contributed by atoms with van der Waals surface area (Å²) in [7, 11) is 1.89. The molecule has 3 aliphatic rings. The van der Waals surface area contributed by atoms with Crippen molar-refractivity contribution in [1.29, 1.82) is 0 Å². The molecule has 180 valence electrons. The molecular weight excluding hydrogens is 436 g/mol. The Morgan fingerprint density at radius 1 is 0.971 bits per heavy atom. The van der Waals surface area contributed by atoms with Gasteiger partial charge in [-0.2, -0.15) is 0 Å². The quantitative estimate of drug-likeness (QED) is 0.592. The van der Waals surface area contributed by atoms with Gasteiger partial charge in [0.1, 0.15) is 6.17 Å². The molecule has 2 amide bonds. The number of nitrogens with zero attached hydrogens (tertiary/aromatic N) is 3. The molecule has 0 spiro atoms. The van der Waals surface area contributed by atoms with Gasteiger partial charge in [-0.25, -0.2) is 0 Å². The summed E-state index contributed by atoms with van der Waals surface area (Å²) >= 11 is 0. The molecule has 1 saturated heterocycles. The van der Waals surface area contributed by atoms with Gasteiger partial charge in [0.25, 0.3) is 5.91 Å². The van der Waals surface area contributed by atoms with E-state index in [1.165, 1.54) is 5.39 Å². The fraction of sp³-hybridized carbons (Fsp3) is 0.379. The van der Waals surface area contributed by atoms with Crippen LogP contribution in [-0.2, 0) is 9.59 Å². The molecule has 2 aromatic carbocycles. The van der Waals surface area contributed by atoms with E-state index < -0.39 is 0 Å². The summed E-state index contributed by atoms with van der Waals surface area (Å²) in [6.45, 7) is 5.50. The third-order valence-electron chi connectivity index (χ3n) is 8.09. The van der Waals surface area contributed by atoms with Crippen LogP contribution in [-0.4, -0.2) is 57.7 Å². The molecule has 3 heterocycles. The Kier molecular flexibility index (Phi) is 5.20. The first-order chi connectivity index (χ1) is 16.9. The number of hydrogen-bond donors (Lipinski definition) is 1. The summed E-state index contributed by atoms with van der Waals surface area (Å²) in [4.78, 5) is 35.4. The zero-order chi connectivity index (χ0) is 24.3. The van der Waals surface area contributed by atoms with Gasteiger partial charge >= 0.3 is 0 Å². The lowest BCUT2D eigenvalue weighted by Crippen LogP contribution is -2.51. The van der Waals surface area contributed by atoms with Crippen LogP contribution in [0.1, 0.15) is 44.8 Å². The summed E-state index contributed by atoms with van der Waals surface area (Å²) in [5.41, 5.74) is 6.32. The number of aromatic amines is 1. The van der Waals surface area contributed by atoms with Gasteiger partial charge < -0.3 is 19.7 Å². The molecule has 6 rings (SSSR count). The summed E-state index contributed by atoms with van der Waals surface area (Å²) < 4.78 is 0. The van der Waals surface area contributed by atoms with Crippen molar-refractivity contribution < 1.29 is 9.59 Å². The summed E-state index contributed by atoms with van der Waals surface area (Å²) in [5.74, 6) is 0.618. The first-order valence-electron chi connectivity index (χ1n) is 12.6. The number of benzene rings is 2. The number of hydrogen-bond acceptors (Lipinski definition) is 3. The van der Waals surface area contributed by atoms with E-state index >= 15 is 0 Å². The van der Waals surface area contributed by atoms with Crippen molar-refractivity contribution in [3.8, 4) is 11.1 Å². The predicted molar refractivity (Wildman–Crippen MR) is 137 cm³/mol. The number of allylic oxidation sites excluding steroid dienone is 1. The molecule has 1 N–H and O–H groups in total. The lowest BCUT2D eigenvalue weighted by molar-refractivity contribution is -0.136. The van der Waals surface area contributed by atoms with Crippen molar-refractivity contribution in [2.75, 3.05) is 20.1 Å². The van der Waals surface area contributed by atoms with Gasteiger partial charge in [0, 0.05) is 49.0 Å². The van der Waals surface area contributed by atoms with E-state index in [0.29, 0.717) is 5.91 Å². The van der Waals surface area contributed by atoms with Gasteiger partial charge in [0.15, 0.2) is 0 Å². The van der Waals surface area contributed by atoms with Crippen LogP contribution in [0.2, 0.25) is 0 Å². The van der Waals surface area contributed by atoms with Crippen molar-refractivity contribution in [1.82, 2.24) is 19.7 Å². The van der Waals surface area contributed by atoms with Gasteiger partial charge in [-0.15, -0.1) is 0 Å². The maximum Gasteiger partial charge on any atom is 0.252 e. The van der Waals surface area contributed by atoms with Crippen molar-refractivity contribution in [2.24, 2.45) is 5.92 Å². The largest absolute Gasteiger partial charge is 0.361 e. The molecule has 0 radical (unpaired) electrons. The van der Waals surface area contributed by atoms with Crippen molar-refractivity contribution in [3.05, 3.63) is 71.6 Å². The molecule has 3 aromatic rings. The van der Waals surface area contributed by atoms with E-state index in [-0.39, 0.29) is 24.0 Å². The number of fused-ring (bicyclic) bond motifs is 1. The second kappa shape index (κ2) is 8.29.